The fourth-order valence-corrected chi connectivity index (χ4v) is 5.56. The van der Waals surface area contributed by atoms with Gasteiger partial charge in [-0.2, -0.15) is 8.78 Å². The molecule has 150 valence electrons. The molecule has 1 N–H and O–H groups in total. The monoisotopic (exact) mass is 422 g/mol. The van der Waals surface area contributed by atoms with E-state index in [1.165, 1.54) is 40.9 Å². The maximum absolute atomic E-state index is 11.9. The summed E-state index contributed by atoms with van der Waals surface area (Å²) in [6.45, 7) is -1.71. The van der Waals surface area contributed by atoms with Gasteiger partial charge in [0.25, 0.3) is 0 Å². The highest BCUT2D eigenvalue weighted by atomic mass is 32.2. The van der Waals surface area contributed by atoms with E-state index in [1.54, 1.807) is 5.56 Å². The zero-order chi connectivity index (χ0) is 20.1. The molecular weight excluding hydrogens is 401 g/mol. The van der Waals surface area contributed by atoms with Crippen LogP contribution in [-0.2, 0) is 26.8 Å². The third-order valence-corrected chi connectivity index (χ3v) is 7.59. The topological polar surface area (TPSA) is 77.4 Å². The van der Waals surface area contributed by atoms with Gasteiger partial charge in [0.1, 0.15) is 17.3 Å². The Labute approximate surface area is 159 Å². The smallest absolute Gasteiger partial charge is 0.367 e. The standard InChI is InChI=1S/C15H17S.C3H5F3O4S/c1-2-9-15-13(6-1)7-5-8-14(15)12-16-10-3-4-11-16;4-2(1-7)3(5,6)11(8,9)10/h1-2,5-9H,3-4,10-12H2;2,7H,1H2,(H,8,9,10)/q+1;/p-1. The molecule has 0 saturated carbocycles. The van der Waals surface area contributed by atoms with E-state index in [1.807, 2.05) is 0 Å². The lowest BCUT2D eigenvalue weighted by Crippen LogP contribution is -2.40. The minimum Gasteiger partial charge on any atom is -0.743 e. The summed E-state index contributed by atoms with van der Waals surface area (Å²) in [7, 11) is -5.37. The summed E-state index contributed by atoms with van der Waals surface area (Å²) < 4.78 is 64.4. The first-order valence-electron chi connectivity index (χ1n) is 8.35. The number of aliphatic hydroxyl groups excluding tert-OH is 1. The van der Waals surface area contributed by atoms with Crippen molar-refractivity contribution < 1.29 is 31.2 Å². The van der Waals surface area contributed by atoms with E-state index < -0.39 is 28.2 Å². The summed E-state index contributed by atoms with van der Waals surface area (Å²) in [4.78, 5) is 0. The normalized spacial score (nSPS) is 16.8. The molecule has 1 atom stereocenters. The first kappa shape index (κ1) is 22.0. The fourth-order valence-electron chi connectivity index (χ4n) is 2.76. The van der Waals surface area contributed by atoms with Gasteiger partial charge in [-0.05, 0) is 34.5 Å². The van der Waals surface area contributed by atoms with Crippen LogP contribution in [-0.4, -0.2) is 47.6 Å². The van der Waals surface area contributed by atoms with Crippen LogP contribution < -0.4 is 0 Å². The van der Waals surface area contributed by atoms with Gasteiger partial charge >= 0.3 is 5.25 Å². The van der Waals surface area contributed by atoms with E-state index in [0.717, 1.165) is 0 Å². The minimum atomic E-state index is -6.03. The molecular formula is C18H21F3O4S2. The molecule has 0 aliphatic carbocycles. The summed E-state index contributed by atoms with van der Waals surface area (Å²) in [6, 6.07) is 15.5. The molecule has 1 aliphatic heterocycles. The number of alkyl halides is 3. The average Bonchev–Trinajstić information content (AvgIpc) is 3.14. The van der Waals surface area contributed by atoms with Gasteiger partial charge in [0.15, 0.2) is 16.3 Å². The van der Waals surface area contributed by atoms with Gasteiger partial charge in [-0.1, -0.05) is 42.5 Å². The number of halogens is 3. The minimum absolute atomic E-state index is 0.666. The number of benzene rings is 2. The highest BCUT2D eigenvalue weighted by Crippen LogP contribution is 2.27. The largest absolute Gasteiger partial charge is 0.743 e. The number of hydrogen-bond donors (Lipinski definition) is 1. The maximum Gasteiger partial charge on any atom is 0.367 e. The molecule has 1 saturated heterocycles. The molecule has 0 spiro atoms. The quantitative estimate of drug-likeness (QED) is 0.593. The summed E-state index contributed by atoms with van der Waals surface area (Å²) in [5.74, 6) is 4.23. The first-order valence-corrected chi connectivity index (χ1v) is 11.5. The Kier molecular flexibility index (Phi) is 7.55. The maximum atomic E-state index is 11.9. The fraction of sp³-hybridized carbons (Fsp3) is 0.444. The Morgan fingerprint density at radius 2 is 1.70 bits per heavy atom. The highest BCUT2D eigenvalue weighted by molar-refractivity contribution is 7.96. The van der Waals surface area contributed by atoms with E-state index in [4.69, 9.17) is 5.11 Å². The highest BCUT2D eigenvalue weighted by Gasteiger charge is 2.46. The van der Waals surface area contributed by atoms with E-state index in [9.17, 15) is 26.1 Å². The van der Waals surface area contributed by atoms with E-state index in [0.29, 0.717) is 10.9 Å². The van der Waals surface area contributed by atoms with Crippen molar-refractivity contribution in [2.24, 2.45) is 0 Å². The van der Waals surface area contributed by atoms with E-state index in [2.05, 4.69) is 42.5 Å². The molecule has 1 heterocycles. The van der Waals surface area contributed by atoms with Crippen LogP contribution in [0.4, 0.5) is 13.2 Å². The van der Waals surface area contributed by atoms with Crippen molar-refractivity contribution in [3.8, 4) is 0 Å². The van der Waals surface area contributed by atoms with Gasteiger partial charge in [0, 0.05) is 5.56 Å². The van der Waals surface area contributed by atoms with Gasteiger partial charge in [-0.25, -0.2) is 12.8 Å². The zero-order valence-electron chi connectivity index (χ0n) is 14.5. The van der Waals surface area contributed by atoms with Gasteiger partial charge in [-0.3, -0.25) is 0 Å². The second kappa shape index (κ2) is 9.27. The average molecular weight is 422 g/mol. The van der Waals surface area contributed by atoms with Crippen molar-refractivity contribution in [1.29, 1.82) is 0 Å². The Hall–Kier alpha value is -1.29. The Morgan fingerprint density at radius 3 is 2.26 bits per heavy atom. The molecule has 3 rings (SSSR count). The molecule has 1 unspecified atom stereocenters. The van der Waals surface area contributed by atoms with Crippen molar-refractivity contribution >= 4 is 31.8 Å². The predicted molar refractivity (Wildman–Crippen MR) is 101 cm³/mol. The molecule has 0 bridgehead atoms. The van der Waals surface area contributed by atoms with Gasteiger partial charge < -0.3 is 9.66 Å². The Balaban J connectivity index is 0.000000211. The number of hydrogen-bond acceptors (Lipinski definition) is 4. The molecule has 2 aromatic rings. The molecule has 27 heavy (non-hydrogen) atoms. The Bertz CT molecular complexity index is 847. The number of aliphatic hydroxyl groups is 1. The molecule has 2 aromatic carbocycles. The molecule has 1 fully saturated rings. The van der Waals surface area contributed by atoms with Crippen molar-refractivity contribution in [1.82, 2.24) is 0 Å². The molecule has 0 radical (unpaired) electrons. The number of rotatable bonds is 5. The van der Waals surface area contributed by atoms with Crippen LogP contribution in [0.2, 0.25) is 0 Å². The third kappa shape index (κ3) is 5.60. The van der Waals surface area contributed by atoms with Crippen LogP contribution in [0.15, 0.2) is 42.5 Å². The molecule has 0 aromatic heterocycles. The molecule has 4 nitrogen and oxygen atoms in total. The Morgan fingerprint density at radius 1 is 1.11 bits per heavy atom. The lowest BCUT2D eigenvalue weighted by Gasteiger charge is -2.21. The first-order chi connectivity index (χ1) is 12.7. The van der Waals surface area contributed by atoms with Crippen LogP contribution in [0.1, 0.15) is 18.4 Å². The molecule has 0 amide bonds. The molecule has 1 aliphatic rings. The summed E-state index contributed by atoms with van der Waals surface area (Å²) in [5, 5.41) is 5.58. The van der Waals surface area contributed by atoms with Gasteiger partial charge in [-0.15, -0.1) is 0 Å². The van der Waals surface area contributed by atoms with Gasteiger partial charge in [0.2, 0.25) is 0 Å². The zero-order valence-corrected chi connectivity index (χ0v) is 16.1. The van der Waals surface area contributed by atoms with E-state index in [-0.39, 0.29) is 0 Å². The van der Waals surface area contributed by atoms with Crippen molar-refractivity contribution in [2.75, 3.05) is 18.1 Å². The molecule has 9 heteroatoms. The van der Waals surface area contributed by atoms with E-state index >= 15 is 0 Å². The van der Waals surface area contributed by atoms with Gasteiger partial charge in [0.05, 0.1) is 6.61 Å². The van der Waals surface area contributed by atoms with Crippen LogP contribution in [0.3, 0.4) is 0 Å². The van der Waals surface area contributed by atoms with Crippen LogP contribution in [0, 0.1) is 0 Å². The second-order valence-electron chi connectivity index (χ2n) is 6.18. The number of fused-ring (bicyclic) bond motifs is 1. The second-order valence-corrected chi connectivity index (χ2v) is 9.96. The SMILES string of the molecule is O=S(=O)([O-])C(F)(F)C(F)CO.c1ccc2c(C[S+]3CCCC3)cccc2c1. The predicted octanol–water partition coefficient (Wildman–Crippen LogP) is 3.21. The van der Waals surface area contributed by atoms with Crippen molar-refractivity contribution in [3.05, 3.63) is 48.0 Å². The van der Waals surface area contributed by atoms with Crippen LogP contribution in [0.25, 0.3) is 10.8 Å². The summed E-state index contributed by atoms with van der Waals surface area (Å²) in [5.41, 5.74) is 1.56. The van der Waals surface area contributed by atoms with Crippen LogP contribution in [0.5, 0.6) is 0 Å². The lowest BCUT2D eigenvalue weighted by molar-refractivity contribution is -0.0273. The summed E-state index contributed by atoms with van der Waals surface area (Å²) in [6.07, 6.45) is -0.466. The summed E-state index contributed by atoms with van der Waals surface area (Å²) >= 11 is 0. The van der Waals surface area contributed by atoms with Crippen molar-refractivity contribution in [3.63, 3.8) is 0 Å². The van der Waals surface area contributed by atoms with Crippen molar-refractivity contribution in [2.45, 2.75) is 30.0 Å². The lowest BCUT2D eigenvalue weighted by atomic mass is 10.1. The van der Waals surface area contributed by atoms with Crippen LogP contribution >= 0.6 is 0 Å². The third-order valence-electron chi connectivity index (χ3n) is 4.21.